The van der Waals surface area contributed by atoms with Gasteiger partial charge in [0.15, 0.2) is 0 Å². The Kier molecular flexibility index (Phi) is 4.18. The van der Waals surface area contributed by atoms with Gasteiger partial charge in [-0.1, -0.05) is 17.3 Å². The van der Waals surface area contributed by atoms with Crippen LogP contribution in [-0.4, -0.2) is 22.8 Å². The molecule has 2 rings (SSSR count). The minimum Gasteiger partial charge on any atom is -0.508 e. The number of ether oxygens (including phenoxy) is 1. The maximum Gasteiger partial charge on any atom is 0.306 e. The van der Waals surface area contributed by atoms with Crippen molar-refractivity contribution in [3.63, 3.8) is 0 Å². The van der Waals surface area contributed by atoms with E-state index in [1.54, 1.807) is 37.3 Å². The SMILES string of the molecule is CCOC(=O)C[C@H](c1ccc(O)cc1)c1ccon1. The van der Waals surface area contributed by atoms with E-state index in [0.29, 0.717) is 12.3 Å². The molecule has 5 heteroatoms. The molecule has 0 radical (unpaired) electrons. The Hall–Kier alpha value is -2.30. The van der Waals surface area contributed by atoms with Crippen molar-refractivity contribution in [2.45, 2.75) is 19.3 Å². The molecule has 0 unspecified atom stereocenters. The van der Waals surface area contributed by atoms with Gasteiger partial charge >= 0.3 is 5.97 Å². The number of benzene rings is 1. The highest BCUT2D eigenvalue weighted by molar-refractivity contribution is 5.71. The Morgan fingerprint density at radius 1 is 1.37 bits per heavy atom. The third-order valence-electron chi connectivity index (χ3n) is 2.79. The fourth-order valence-corrected chi connectivity index (χ4v) is 1.89. The summed E-state index contributed by atoms with van der Waals surface area (Å²) in [6.45, 7) is 2.11. The number of phenols is 1. The van der Waals surface area contributed by atoms with E-state index in [0.717, 1.165) is 5.56 Å². The molecular weight excluding hydrogens is 246 g/mol. The van der Waals surface area contributed by atoms with Crippen molar-refractivity contribution in [1.82, 2.24) is 5.16 Å². The third-order valence-corrected chi connectivity index (χ3v) is 2.79. The maximum absolute atomic E-state index is 11.7. The molecule has 1 heterocycles. The summed E-state index contributed by atoms with van der Waals surface area (Å²) >= 11 is 0. The number of carbonyl (C=O) groups is 1. The van der Waals surface area contributed by atoms with Gasteiger partial charge in [-0.3, -0.25) is 4.79 Å². The van der Waals surface area contributed by atoms with Crippen molar-refractivity contribution in [1.29, 1.82) is 0 Å². The van der Waals surface area contributed by atoms with Gasteiger partial charge in [-0.2, -0.15) is 0 Å². The van der Waals surface area contributed by atoms with E-state index in [9.17, 15) is 9.90 Å². The average Bonchev–Trinajstić information content (AvgIpc) is 2.91. The molecule has 0 aliphatic carbocycles. The third kappa shape index (κ3) is 3.34. The van der Waals surface area contributed by atoms with Crippen LogP contribution in [0.4, 0.5) is 0 Å². The van der Waals surface area contributed by atoms with E-state index in [-0.39, 0.29) is 24.1 Å². The van der Waals surface area contributed by atoms with Gasteiger partial charge in [0, 0.05) is 12.0 Å². The van der Waals surface area contributed by atoms with Crippen LogP contribution in [0.2, 0.25) is 0 Å². The molecule has 0 spiro atoms. The van der Waals surface area contributed by atoms with Gasteiger partial charge in [-0.05, 0) is 24.6 Å². The highest BCUT2D eigenvalue weighted by atomic mass is 16.5. The van der Waals surface area contributed by atoms with Crippen molar-refractivity contribution in [3.8, 4) is 5.75 Å². The van der Waals surface area contributed by atoms with Crippen LogP contribution in [0.3, 0.4) is 0 Å². The lowest BCUT2D eigenvalue weighted by atomic mass is 9.92. The smallest absolute Gasteiger partial charge is 0.306 e. The van der Waals surface area contributed by atoms with Gasteiger partial charge in [-0.25, -0.2) is 0 Å². The molecule has 0 fully saturated rings. The lowest BCUT2D eigenvalue weighted by Crippen LogP contribution is -2.11. The van der Waals surface area contributed by atoms with Crippen molar-refractivity contribution in [3.05, 3.63) is 47.9 Å². The minimum absolute atomic E-state index is 0.179. The van der Waals surface area contributed by atoms with Gasteiger partial charge in [0.25, 0.3) is 0 Å². The molecule has 0 amide bonds. The molecule has 1 aromatic heterocycles. The summed E-state index contributed by atoms with van der Waals surface area (Å²) in [5.74, 6) is -0.347. The summed E-state index contributed by atoms with van der Waals surface area (Å²) in [6, 6.07) is 8.39. The first kappa shape index (κ1) is 13.1. The molecule has 0 aliphatic rings. The topological polar surface area (TPSA) is 72.6 Å². The average molecular weight is 261 g/mol. The molecule has 2 aromatic rings. The second-order valence-corrected chi connectivity index (χ2v) is 4.08. The summed E-state index contributed by atoms with van der Waals surface area (Å²) in [5, 5.41) is 13.2. The predicted molar refractivity (Wildman–Crippen MR) is 67.7 cm³/mol. The number of rotatable bonds is 5. The zero-order valence-corrected chi connectivity index (χ0v) is 10.6. The van der Waals surface area contributed by atoms with E-state index in [1.807, 2.05) is 0 Å². The van der Waals surface area contributed by atoms with Gasteiger partial charge in [0.1, 0.15) is 12.0 Å². The molecule has 1 N–H and O–H groups in total. The summed E-state index contributed by atoms with van der Waals surface area (Å²) < 4.78 is 9.80. The van der Waals surface area contributed by atoms with Crippen LogP contribution in [0.25, 0.3) is 0 Å². The molecule has 19 heavy (non-hydrogen) atoms. The van der Waals surface area contributed by atoms with Crippen molar-refractivity contribution >= 4 is 5.97 Å². The maximum atomic E-state index is 11.7. The normalized spacial score (nSPS) is 12.1. The first-order valence-electron chi connectivity index (χ1n) is 6.05. The van der Waals surface area contributed by atoms with E-state index < -0.39 is 0 Å². The first-order chi connectivity index (χ1) is 9.20. The van der Waals surface area contributed by atoms with Gasteiger partial charge in [0.05, 0.1) is 18.7 Å². The van der Waals surface area contributed by atoms with Crippen LogP contribution in [0.5, 0.6) is 5.75 Å². The molecule has 1 atom stereocenters. The van der Waals surface area contributed by atoms with Crippen LogP contribution in [0.15, 0.2) is 41.1 Å². The van der Waals surface area contributed by atoms with E-state index in [2.05, 4.69) is 5.16 Å². The van der Waals surface area contributed by atoms with Crippen molar-refractivity contribution in [2.24, 2.45) is 0 Å². The second kappa shape index (κ2) is 6.04. The Balaban J connectivity index is 2.24. The number of phenolic OH excluding ortho intramolecular Hbond substituents is 1. The number of aromatic nitrogens is 1. The largest absolute Gasteiger partial charge is 0.508 e. The van der Waals surface area contributed by atoms with Gasteiger partial charge < -0.3 is 14.4 Å². The summed E-state index contributed by atoms with van der Waals surface area (Å²) in [7, 11) is 0. The lowest BCUT2D eigenvalue weighted by Gasteiger charge is -2.13. The zero-order chi connectivity index (χ0) is 13.7. The predicted octanol–water partition coefficient (Wildman–Crippen LogP) is 2.47. The molecular formula is C14H15NO4. The number of carbonyl (C=O) groups excluding carboxylic acids is 1. The molecule has 5 nitrogen and oxygen atoms in total. The Labute approximate surface area is 110 Å². The molecule has 1 aromatic carbocycles. The second-order valence-electron chi connectivity index (χ2n) is 4.08. The number of nitrogens with zero attached hydrogens (tertiary/aromatic N) is 1. The van der Waals surface area contributed by atoms with E-state index in [4.69, 9.17) is 9.26 Å². The summed E-state index contributed by atoms with van der Waals surface area (Å²) in [5.41, 5.74) is 1.54. The fourth-order valence-electron chi connectivity index (χ4n) is 1.89. The van der Waals surface area contributed by atoms with Crippen LogP contribution in [-0.2, 0) is 9.53 Å². The Morgan fingerprint density at radius 2 is 2.11 bits per heavy atom. The van der Waals surface area contributed by atoms with E-state index >= 15 is 0 Å². The van der Waals surface area contributed by atoms with Gasteiger partial charge in [0.2, 0.25) is 0 Å². The number of hydrogen-bond donors (Lipinski definition) is 1. The highest BCUT2D eigenvalue weighted by Crippen LogP contribution is 2.28. The monoisotopic (exact) mass is 261 g/mol. The van der Waals surface area contributed by atoms with Crippen molar-refractivity contribution < 1.29 is 19.2 Å². The number of hydrogen-bond acceptors (Lipinski definition) is 5. The van der Waals surface area contributed by atoms with Crippen molar-refractivity contribution in [2.75, 3.05) is 6.61 Å². The molecule has 0 bridgehead atoms. The molecule has 100 valence electrons. The lowest BCUT2D eigenvalue weighted by molar-refractivity contribution is -0.143. The number of aromatic hydroxyl groups is 1. The Morgan fingerprint density at radius 3 is 2.68 bits per heavy atom. The van der Waals surface area contributed by atoms with Crippen LogP contribution < -0.4 is 0 Å². The summed E-state index contributed by atoms with van der Waals surface area (Å²) in [6.07, 6.45) is 1.65. The van der Waals surface area contributed by atoms with Gasteiger partial charge in [-0.15, -0.1) is 0 Å². The first-order valence-corrected chi connectivity index (χ1v) is 6.05. The quantitative estimate of drug-likeness (QED) is 0.837. The molecule has 0 saturated carbocycles. The van der Waals surface area contributed by atoms with E-state index in [1.165, 1.54) is 6.26 Å². The highest BCUT2D eigenvalue weighted by Gasteiger charge is 2.21. The molecule has 0 aliphatic heterocycles. The number of esters is 1. The standard InChI is InChI=1S/C14H15NO4/c1-2-18-14(17)9-12(13-7-8-19-15-13)10-3-5-11(16)6-4-10/h3-8,12,16H,2,9H2,1H3/t12-/m1/s1. The summed E-state index contributed by atoms with van der Waals surface area (Å²) in [4.78, 5) is 11.7. The zero-order valence-electron chi connectivity index (χ0n) is 10.6. The Bertz CT molecular complexity index is 519. The molecule has 0 saturated heterocycles. The minimum atomic E-state index is -0.288. The van der Waals surface area contributed by atoms with Crippen LogP contribution in [0, 0.1) is 0 Å². The fraction of sp³-hybridized carbons (Fsp3) is 0.286. The van der Waals surface area contributed by atoms with Crippen LogP contribution in [0.1, 0.15) is 30.5 Å². The van der Waals surface area contributed by atoms with Crippen LogP contribution >= 0.6 is 0 Å².